The van der Waals surface area contributed by atoms with Gasteiger partial charge in [0.2, 0.25) is 0 Å². The normalized spacial score (nSPS) is 24.5. The van der Waals surface area contributed by atoms with Gasteiger partial charge in [-0.25, -0.2) is 0 Å². The van der Waals surface area contributed by atoms with Gasteiger partial charge in [-0.1, -0.05) is 48.9 Å². The van der Waals surface area contributed by atoms with Crippen molar-refractivity contribution in [3.63, 3.8) is 0 Å². The molecule has 0 saturated heterocycles. The number of rotatable bonds is 1. The maximum atomic E-state index is 7.85. The third-order valence-electron chi connectivity index (χ3n) is 3.08. The van der Waals surface area contributed by atoms with E-state index in [-0.39, 0.29) is 0 Å². The first-order valence-corrected chi connectivity index (χ1v) is 5.57. The molecule has 1 N–H and O–H groups in total. The fourth-order valence-corrected chi connectivity index (χ4v) is 1.99. The van der Waals surface area contributed by atoms with Crippen molar-refractivity contribution in [3.05, 3.63) is 41.5 Å². The molecule has 15 heavy (non-hydrogen) atoms. The third-order valence-corrected chi connectivity index (χ3v) is 3.08. The van der Waals surface area contributed by atoms with Crippen molar-refractivity contribution in [2.24, 2.45) is 5.92 Å². The van der Waals surface area contributed by atoms with E-state index in [9.17, 15) is 0 Å². The quantitative estimate of drug-likeness (QED) is 0.709. The minimum atomic E-state index is 0.484. The highest BCUT2D eigenvalue weighted by atomic mass is 14.5. The van der Waals surface area contributed by atoms with E-state index in [1.165, 1.54) is 11.1 Å². The van der Waals surface area contributed by atoms with Crippen LogP contribution in [0.1, 0.15) is 31.7 Å². The average Bonchev–Trinajstić information content (AvgIpc) is 2.25. The molecule has 0 spiro atoms. The molecule has 78 valence electrons. The Bertz CT molecular complexity index is 376. The lowest BCUT2D eigenvalue weighted by Crippen LogP contribution is -2.16. The molecule has 2 rings (SSSR count). The first-order valence-electron chi connectivity index (χ1n) is 5.57. The van der Waals surface area contributed by atoms with E-state index in [1.807, 2.05) is 6.07 Å². The van der Waals surface area contributed by atoms with Gasteiger partial charge in [-0.05, 0) is 24.3 Å². The first-order chi connectivity index (χ1) is 7.25. The molecule has 0 aromatic heterocycles. The molecule has 0 aliphatic heterocycles. The van der Waals surface area contributed by atoms with E-state index in [1.54, 1.807) is 0 Å². The monoisotopic (exact) mass is 199 g/mol. The largest absolute Gasteiger partial charge is 0.309 e. The van der Waals surface area contributed by atoms with Gasteiger partial charge in [0.1, 0.15) is 0 Å². The highest BCUT2D eigenvalue weighted by Crippen LogP contribution is 2.26. The summed E-state index contributed by atoms with van der Waals surface area (Å²) in [4.78, 5) is 0. The third kappa shape index (κ3) is 2.56. The molecule has 1 aliphatic rings. The molecular weight excluding hydrogens is 182 g/mol. The van der Waals surface area contributed by atoms with Gasteiger partial charge in [-0.3, -0.25) is 0 Å². The predicted octanol–water partition coefficient (Wildman–Crippen LogP) is 3.91. The molecule has 1 atom stereocenters. The zero-order chi connectivity index (χ0) is 10.7. The zero-order valence-corrected chi connectivity index (χ0v) is 9.16. The van der Waals surface area contributed by atoms with Crippen LogP contribution in [0.2, 0.25) is 0 Å². The summed E-state index contributed by atoms with van der Waals surface area (Å²) >= 11 is 0. The molecule has 1 aromatic rings. The molecule has 0 radical (unpaired) electrons. The van der Waals surface area contributed by atoms with Crippen LogP contribution in [0.4, 0.5) is 0 Å². The van der Waals surface area contributed by atoms with Gasteiger partial charge in [0.25, 0.3) is 0 Å². The number of benzene rings is 1. The number of nitrogens with one attached hydrogen (secondary N) is 1. The number of hydrogen-bond acceptors (Lipinski definition) is 1. The smallest absolute Gasteiger partial charge is 0.0158 e. The fraction of sp³-hybridized carbons (Fsp3) is 0.357. The van der Waals surface area contributed by atoms with E-state index >= 15 is 0 Å². The maximum Gasteiger partial charge on any atom is 0.0158 e. The lowest BCUT2D eigenvalue weighted by molar-refractivity contribution is 0.632. The molecule has 1 fully saturated rings. The Morgan fingerprint density at radius 3 is 2.67 bits per heavy atom. The minimum Gasteiger partial charge on any atom is -0.309 e. The summed E-state index contributed by atoms with van der Waals surface area (Å²) in [5.74, 6) is 0.484. The maximum absolute atomic E-state index is 7.85. The van der Waals surface area contributed by atoms with E-state index in [0.717, 1.165) is 25.0 Å². The lowest BCUT2D eigenvalue weighted by Gasteiger charge is -2.21. The summed E-state index contributed by atoms with van der Waals surface area (Å²) in [5, 5.41) is 7.85. The Kier molecular flexibility index (Phi) is 3.00. The van der Waals surface area contributed by atoms with Crippen molar-refractivity contribution < 1.29 is 0 Å². The SMILES string of the molecule is CC1CC/C(=C\c2ccccc2)CC1=N. The number of hydrogen-bond donors (Lipinski definition) is 1. The molecule has 1 heteroatoms. The fourth-order valence-electron chi connectivity index (χ4n) is 1.99. The first kappa shape index (κ1) is 10.2. The van der Waals surface area contributed by atoms with Crippen molar-refractivity contribution in [2.45, 2.75) is 26.2 Å². The molecule has 0 heterocycles. The molecular formula is C14H17N. The molecule has 1 unspecified atom stereocenters. The van der Waals surface area contributed by atoms with Gasteiger partial charge in [0.15, 0.2) is 0 Å². The summed E-state index contributed by atoms with van der Waals surface area (Å²) in [7, 11) is 0. The second-order valence-electron chi connectivity index (χ2n) is 4.36. The Hall–Kier alpha value is -1.37. The van der Waals surface area contributed by atoms with Crippen molar-refractivity contribution in [1.29, 1.82) is 5.41 Å². The van der Waals surface area contributed by atoms with Crippen LogP contribution in [0.3, 0.4) is 0 Å². The zero-order valence-electron chi connectivity index (χ0n) is 9.16. The van der Waals surface area contributed by atoms with Crippen molar-refractivity contribution >= 4 is 11.8 Å². The van der Waals surface area contributed by atoms with Gasteiger partial charge in [0, 0.05) is 12.1 Å². The van der Waals surface area contributed by atoms with Gasteiger partial charge in [0.05, 0.1) is 0 Å². The van der Waals surface area contributed by atoms with E-state index < -0.39 is 0 Å². The van der Waals surface area contributed by atoms with Crippen LogP contribution in [0, 0.1) is 11.3 Å². The van der Waals surface area contributed by atoms with Gasteiger partial charge < -0.3 is 5.41 Å². The van der Waals surface area contributed by atoms with E-state index in [2.05, 4.69) is 37.3 Å². The Morgan fingerprint density at radius 1 is 1.27 bits per heavy atom. The molecule has 1 aromatic carbocycles. The van der Waals surface area contributed by atoms with Gasteiger partial charge in [-0.15, -0.1) is 0 Å². The standard InChI is InChI=1S/C14H17N/c1-11-7-8-13(10-14(11)15)9-12-5-3-2-4-6-12/h2-6,9,11,15H,7-8,10H2,1H3/b13-9+,15-14?. The van der Waals surface area contributed by atoms with Crippen LogP contribution in [0.15, 0.2) is 35.9 Å². The molecule has 1 nitrogen and oxygen atoms in total. The van der Waals surface area contributed by atoms with Gasteiger partial charge >= 0.3 is 0 Å². The highest BCUT2D eigenvalue weighted by molar-refractivity contribution is 5.87. The van der Waals surface area contributed by atoms with Crippen LogP contribution >= 0.6 is 0 Å². The van der Waals surface area contributed by atoms with Crippen molar-refractivity contribution in [3.8, 4) is 0 Å². The van der Waals surface area contributed by atoms with Crippen LogP contribution < -0.4 is 0 Å². The van der Waals surface area contributed by atoms with Crippen molar-refractivity contribution in [2.75, 3.05) is 0 Å². The Labute approximate surface area is 91.3 Å². The Balaban J connectivity index is 2.12. The minimum absolute atomic E-state index is 0.484. The lowest BCUT2D eigenvalue weighted by atomic mass is 9.84. The summed E-state index contributed by atoms with van der Waals surface area (Å²) in [5.41, 5.74) is 3.56. The van der Waals surface area contributed by atoms with Crippen LogP contribution in [0.5, 0.6) is 0 Å². The second-order valence-corrected chi connectivity index (χ2v) is 4.36. The van der Waals surface area contributed by atoms with E-state index in [4.69, 9.17) is 5.41 Å². The van der Waals surface area contributed by atoms with Crippen LogP contribution in [0.25, 0.3) is 6.08 Å². The summed E-state index contributed by atoms with van der Waals surface area (Å²) < 4.78 is 0. The average molecular weight is 199 g/mol. The number of allylic oxidation sites excluding steroid dienone is 1. The highest BCUT2D eigenvalue weighted by Gasteiger charge is 2.17. The summed E-state index contributed by atoms with van der Waals surface area (Å²) in [6.07, 6.45) is 5.40. The Morgan fingerprint density at radius 2 is 2.00 bits per heavy atom. The molecule has 0 bridgehead atoms. The van der Waals surface area contributed by atoms with Crippen LogP contribution in [-0.4, -0.2) is 5.71 Å². The topological polar surface area (TPSA) is 23.9 Å². The van der Waals surface area contributed by atoms with Crippen molar-refractivity contribution in [1.82, 2.24) is 0 Å². The predicted molar refractivity (Wildman–Crippen MR) is 65.2 cm³/mol. The molecule has 1 saturated carbocycles. The summed E-state index contributed by atoms with van der Waals surface area (Å²) in [6.45, 7) is 2.15. The van der Waals surface area contributed by atoms with E-state index in [0.29, 0.717) is 5.92 Å². The molecule has 0 amide bonds. The van der Waals surface area contributed by atoms with Crippen LogP contribution in [-0.2, 0) is 0 Å². The second kappa shape index (κ2) is 4.43. The molecule has 1 aliphatic carbocycles. The summed E-state index contributed by atoms with van der Waals surface area (Å²) in [6, 6.07) is 10.4. The van der Waals surface area contributed by atoms with Gasteiger partial charge in [-0.2, -0.15) is 0 Å².